The van der Waals surface area contributed by atoms with Crippen LogP contribution in [0.25, 0.3) is 0 Å². The lowest BCUT2D eigenvalue weighted by Gasteiger charge is -2.24. The van der Waals surface area contributed by atoms with E-state index in [0.717, 1.165) is 19.3 Å². The predicted molar refractivity (Wildman–Crippen MR) is 52.0 cm³/mol. The van der Waals surface area contributed by atoms with Gasteiger partial charge < -0.3 is 5.11 Å². The molecule has 1 N–H and O–H groups in total. The van der Waals surface area contributed by atoms with Gasteiger partial charge in [0, 0.05) is 0 Å². The van der Waals surface area contributed by atoms with Gasteiger partial charge in [0.1, 0.15) is 0 Å². The van der Waals surface area contributed by atoms with E-state index >= 15 is 0 Å². The Morgan fingerprint density at radius 3 is 2.50 bits per heavy atom. The molecule has 1 saturated carbocycles. The molecule has 1 aliphatic rings. The Balaban J connectivity index is 2.38. The monoisotopic (exact) mass is 168 g/mol. The fourth-order valence-electron chi connectivity index (χ4n) is 2.23. The van der Waals surface area contributed by atoms with Crippen molar-refractivity contribution in [1.29, 1.82) is 0 Å². The van der Waals surface area contributed by atoms with Gasteiger partial charge in [-0.3, -0.25) is 0 Å². The van der Waals surface area contributed by atoms with Crippen LogP contribution in [-0.4, -0.2) is 10.7 Å². The molecule has 1 aliphatic carbocycles. The maximum Gasteiger partial charge on any atom is 0.0653 e. The molecule has 1 atom stereocenters. The molecule has 0 aromatic carbocycles. The summed E-state index contributed by atoms with van der Waals surface area (Å²) >= 11 is 0. The smallest absolute Gasteiger partial charge is 0.0653 e. The Morgan fingerprint density at radius 1 is 1.42 bits per heavy atom. The molecule has 0 aromatic heterocycles. The summed E-state index contributed by atoms with van der Waals surface area (Å²) in [4.78, 5) is 0. The Labute approximate surface area is 75.5 Å². The summed E-state index contributed by atoms with van der Waals surface area (Å²) in [6.07, 6.45) is 9.62. The van der Waals surface area contributed by atoms with E-state index in [0.29, 0.717) is 5.92 Å². The van der Waals surface area contributed by atoms with E-state index in [1.165, 1.54) is 12.8 Å². The fourth-order valence-corrected chi connectivity index (χ4v) is 2.23. The quantitative estimate of drug-likeness (QED) is 0.642. The van der Waals surface area contributed by atoms with Crippen molar-refractivity contribution in [2.75, 3.05) is 0 Å². The zero-order chi connectivity index (χ0) is 9.03. The number of allylic oxidation sites excluding steroid dienone is 2. The highest BCUT2D eigenvalue weighted by atomic mass is 16.3. The van der Waals surface area contributed by atoms with E-state index in [4.69, 9.17) is 0 Å². The maximum absolute atomic E-state index is 10.1. The minimum absolute atomic E-state index is 0.334. The standard InChI is InChI=1S/C11H20O/c1-3-6-10(2)9-11(12)7-4-5-8-11/h3,6,10,12H,4-5,7-9H2,1-2H3/b6-3+. The molecule has 0 saturated heterocycles. The third-order valence-electron chi connectivity index (χ3n) is 2.76. The molecule has 0 radical (unpaired) electrons. The Kier molecular flexibility index (Phi) is 3.33. The first-order chi connectivity index (χ1) is 5.66. The van der Waals surface area contributed by atoms with Crippen LogP contribution in [0.15, 0.2) is 12.2 Å². The van der Waals surface area contributed by atoms with E-state index in [2.05, 4.69) is 19.1 Å². The number of hydrogen-bond acceptors (Lipinski definition) is 1. The lowest BCUT2D eigenvalue weighted by molar-refractivity contribution is 0.0299. The van der Waals surface area contributed by atoms with E-state index in [9.17, 15) is 5.11 Å². The van der Waals surface area contributed by atoms with E-state index in [1.807, 2.05) is 6.92 Å². The third-order valence-corrected chi connectivity index (χ3v) is 2.76. The fraction of sp³-hybridized carbons (Fsp3) is 0.818. The lowest BCUT2D eigenvalue weighted by Crippen LogP contribution is -2.26. The van der Waals surface area contributed by atoms with Crippen LogP contribution in [0.1, 0.15) is 46.0 Å². The summed E-state index contributed by atoms with van der Waals surface area (Å²) in [5, 5.41) is 10.1. The summed E-state index contributed by atoms with van der Waals surface area (Å²) in [6, 6.07) is 0. The van der Waals surface area contributed by atoms with Crippen LogP contribution < -0.4 is 0 Å². The second-order valence-corrected chi connectivity index (χ2v) is 4.14. The summed E-state index contributed by atoms with van der Waals surface area (Å²) in [5.41, 5.74) is -0.334. The molecule has 1 fully saturated rings. The van der Waals surface area contributed by atoms with Crippen LogP contribution in [0.3, 0.4) is 0 Å². The Morgan fingerprint density at radius 2 is 2.00 bits per heavy atom. The molecular formula is C11H20O. The summed E-state index contributed by atoms with van der Waals surface area (Å²) in [7, 11) is 0. The first-order valence-corrected chi connectivity index (χ1v) is 5.01. The van der Waals surface area contributed by atoms with Crippen molar-refractivity contribution in [2.45, 2.75) is 51.6 Å². The molecule has 1 heteroatoms. The van der Waals surface area contributed by atoms with Gasteiger partial charge in [0.15, 0.2) is 0 Å². The lowest BCUT2D eigenvalue weighted by atomic mass is 9.90. The molecule has 0 bridgehead atoms. The van der Waals surface area contributed by atoms with E-state index in [-0.39, 0.29) is 5.60 Å². The van der Waals surface area contributed by atoms with Gasteiger partial charge in [-0.25, -0.2) is 0 Å². The Hall–Kier alpha value is -0.300. The summed E-state index contributed by atoms with van der Waals surface area (Å²) in [5.74, 6) is 0.526. The highest BCUT2D eigenvalue weighted by molar-refractivity contribution is 4.92. The molecule has 1 unspecified atom stereocenters. The summed E-state index contributed by atoms with van der Waals surface area (Å²) in [6.45, 7) is 4.21. The van der Waals surface area contributed by atoms with Gasteiger partial charge in [0.2, 0.25) is 0 Å². The highest BCUT2D eigenvalue weighted by Gasteiger charge is 2.31. The zero-order valence-corrected chi connectivity index (χ0v) is 8.21. The normalized spacial score (nSPS) is 24.9. The van der Waals surface area contributed by atoms with Gasteiger partial charge in [-0.15, -0.1) is 0 Å². The van der Waals surface area contributed by atoms with Gasteiger partial charge in [0.05, 0.1) is 5.60 Å². The minimum atomic E-state index is -0.334. The topological polar surface area (TPSA) is 20.2 Å². The third kappa shape index (κ3) is 2.63. The molecule has 0 heterocycles. The minimum Gasteiger partial charge on any atom is -0.390 e. The molecule has 0 aromatic rings. The molecule has 0 amide bonds. The van der Waals surface area contributed by atoms with Crippen LogP contribution in [0.4, 0.5) is 0 Å². The van der Waals surface area contributed by atoms with Crippen molar-refractivity contribution < 1.29 is 5.11 Å². The van der Waals surface area contributed by atoms with Crippen molar-refractivity contribution in [2.24, 2.45) is 5.92 Å². The van der Waals surface area contributed by atoms with E-state index < -0.39 is 0 Å². The van der Waals surface area contributed by atoms with Crippen molar-refractivity contribution >= 4 is 0 Å². The van der Waals surface area contributed by atoms with Crippen LogP contribution in [0.2, 0.25) is 0 Å². The van der Waals surface area contributed by atoms with Crippen LogP contribution >= 0.6 is 0 Å². The van der Waals surface area contributed by atoms with Crippen LogP contribution in [0, 0.1) is 5.92 Å². The average Bonchev–Trinajstić information content (AvgIpc) is 2.36. The van der Waals surface area contributed by atoms with Crippen molar-refractivity contribution in [1.82, 2.24) is 0 Å². The molecule has 0 aliphatic heterocycles. The van der Waals surface area contributed by atoms with Gasteiger partial charge in [0.25, 0.3) is 0 Å². The first kappa shape index (κ1) is 9.79. The van der Waals surface area contributed by atoms with Gasteiger partial charge >= 0.3 is 0 Å². The number of aliphatic hydroxyl groups is 1. The van der Waals surface area contributed by atoms with Crippen molar-refractivity contribution in [3.05, 3.63) is 12.2 Å². The van der Waals surface area contributed by atoms with Crippen molar-refractivity contribution in [3.8, 4) is 0 Å². The second kappa shape index (κ2) is 4.08. The molecule has 1 nitrogen and oxygen atoms in total. The number of hydrogen-bond donors (Lipinski definition) is 1. The average molecular weight is 168 g/mol. The highest BCUT2D eigenvalue weighted by Crippen LogP contribution is 2.34. The molecule has 70 valence electrons. The first-order valence-electron chi connectivity index (χ1n) is 5.01. The van der Waals surface area contributed by atoms with Gasteiger partial charge in [-0.1, -0.05) is 31.9 Å². The Bertz CT molecular complexity index is 154. The molecule has 0 spiro atoms. The molecule has 12 heavy (non-hydrogen) atoms. The van der Waals surface area contributed by atoms with Crippen LogP contribution in [0.5, 0.6) is 0 Å². The molecular weight excluding hydrogens is 148 g/mol. The summed E-state index contributed by atoms with van der Waals surface area (Å²) < 4.78 is 0. The number of rotatable bonds is 3. The largest absolute Gasteiger partial charge is 0.390 e. The van der Waals surface area contributed by atoms with Crippen LogP contribution in [-0.2, 0) is 0 Å². The zero-order valence-electron chi connectivity index (χ0n) is 8.21. The second-order valence-electron chi connectivity index (χ2n) is 4.14. The SMILES string of the molecule is C/C=C/C(C)CC1(O)CCCC1. The predicted octanol–water partition coefficient (Wildman–Crippen LogP) is 2.89. The van der Waals surface area contributed by atoms with Gasteiger partial charge in [-0.05, 0) is 32.1 Å². The van der Waals surface area contributed by atoms with Gasteiger partial charge in [-0.2, -0.15) is 0 Å². The molecule has 1 rings (SSSR count). The van der Waals surface area contributed by atoms with Crippen molar-refractivity contribution in [3.63, 3.8) is 0 Å². The maximum atomic E-state index is 10.1. The van der Waals surface area contributed by atoms with E-state index in [1.54, 1.807) is 0 Å².